The molecule has 0 saturated carbocycles. The molecular weight excluding hydrogens is 238 g/mol. The molecule has 0 bridgehead atoms. The normalized spacial score (nSPS) is 12.2. The van der Waals surface area contributed by atoms with Crippen LogP contribution in [0.5, 0.6) is 0 Å². The van der Waals surface area contributed by atoms with Gasteiger partial charge in [-0.1, -0.05) is 11.6 Å². The van der Waals surface area contributed by atoms with Crippen molar-refractivity contribution in [1.29, 1.82) is 5.26 Å². The first kappa shape index (κ1) is 13.8. The van der Waals surface area contributed by atoms with Gasteiger partial charge in [-0.05, 0) is 32.3 Å². The van der Waals surface area contributed by atoms with Crippen molar-refractivity contribution < 1.29 is 5.11 Å². The molecule has 1 rings (SSSR count). The maximum Gasteiger partial charge on any atom is 0.0992 e. The molecule has 5 heteroatoms. The number of nitrogens with zero attached hydrogens (tertiary/aromatic N) is 2. The number of nitriles is 1. The van der Waals surface area contributed by atoms with Gasteiger partial charge in [0.05, 0.1) is 28.4 Å². The third kappa shape index (κ3) is 4.61. The van der Waals surface area contributed by atoms with Gasteiger partial charge in [0, 0.05) is 13.1 Å². The van der Waals surface area contributed by atoms with Gasteiger partial charge in [-0.15, -0.1) is 0 Å². The van der Waals surface area contributed by atoms with Gasteiger partial charge in [0.25, 0.3) is 0 Å². The van der Waals surface area contributed by atoms with E-state index in [4.69, 9.17) is 16.9 Å². The fourth-order valence-corrected chi connectivity index (χ4v) is 1.69. The highest BCUT2D eigenvalue weighted by molar-refractivity contribution is 6.33. The molecule has 0 amide bonds. The number of anilines is 1. The van der Waals surface area contributed by atoms with Crippen LogP contribution in [0.2, 0.25) is 5.02 Å². The highest BCUT2D eigenvalue weighted by Crippen LogP contribution is 2.22. The molecule has 4 nitrogen and oxygen atoms in total. The maximum atomic E-state index is 9.67. The smallest absolute Gasteiger partial charge is 0.0992 e. The van der Waals surface area contributed by atoms with Crippen LogP contribution in [0.1, 0.15) is 5.56 Å². The fraction of sp³-hybridized carbons (Fsp3) is 0.417. The van der Waals surface area contributed by atoms with Gasteiger partial charge >= 0.3 is 0 Å². The van der Waals surface area contributed by atoms with Crippen LogP contribution in [0.4, 0.5) is 5.69 Å². The lowest BCUT2D eigenvalue weighted by molar-refractivity contribution is 0.148. The number of rotatable bonds is 5. The number of halogens is 1. The Morgan fingerprint density at radius 3 is 2.76 bits per heavy atom. The average Bonchev–Trinajstić information content (AvgIpc) is 2.26. The van der Waals surface area contributed by atoms with Crippen LogP contribution in [0.25, 0.3) is 0 Å². The molecule has 0 fully saturated rings. The predicted molar refractivity (Wildman–Crippen MR) is 69.2 cm³/mol. The van der Waals surface area contributed by atoms with Gasteiger partial charge in [0.2, 0.25) is 0 Å². The van der Waals surface area contributed by atoms with Crippen LogP contribution in [0, 0.1) is 11.3 Å². The van der Waals surface area contributed by atoms with E-state index in [1.807, 2.05) is 25.1 Å². The summed E-state index contributed by atoms with van der Waals surface area (Å²) in [6.45, 7) is 1.00. The van der Waals surface area contributed by atoms with Crippen LogP contribution in [-0.2, 0) is 0 Å². The van der Waals surface area contributed by atoms with Crippen LogP contribution < -0.4 is 5.32 Å². The summed E-state index contributed by atoms with van der Waals surface area (Å²) < 4.78 is 0. The number of nitrogens with one attached hydrogen (secondary N) is 1. The van der Waals surface area contributed by atoms with E-state index in [9.17, 15) is 5.11 Å². The third-order valence-electron chi connectivity index (χ3n) is 2.20. The fourth-order valence-electron chi connectivity index (χ4n) is 1.44. The van der Waals surface area contributed by atoms with E-state index >= 15 is 0 Å². The lowest BCUT2D eigenvalue weighted by Crippen LogP contribution is -2.31. The third-order valence-corrected chi connectivity index (χ3v) is 2.51. The molecule has 2 N–H and O–H groups in total. The second-order valence-corrected chi connectivity index (χ2v) is 4.51. The molecule has 0 aliphatic heterocycles. The largest absolute Gasteiger partial charge is 0.390 e. The summed E-state index contributed by atoms with van der Waals surface area (Å²) in [5, 5.41) is 21.9. The molecule has 0 aromatic heterocycles. The van der Waals surface area contributed by atoms with Crippen molar-refractivity contribution in [3.05, 3.63) is 28.8 Å². The van der Waals surface area contributed by atoms with Crippen molar-refractivity contribution in [3.8, 4) is 6.07 Å². The standard InChI is InChI=1S/C12H16ClN3O/c1-16(2)8-10(17)7-15-12-4-3-9(6-14)5-11(12)13/h3-5,10,15,17H,7-8H2,1-2H3. The van der Waals surface area contributed by atoms with Crippen molar-refractivity contribution >= 4 is 17.3 Å². The van der Waals surface area contributed by atoms with Gasteiger partial charge in [0.15, 0.2) is 0 Å². The molecule has 0 heterocycles. The second kappa shape index (κ2) is 6.45. The summed E-state index contributed by atoms with van der Waals surface area (Å²) in [5.74, 6) is 0. The Morgan fingerprint density at radius 2 is 2.24 bits per heavy atom. The molecular formula is C12H16ClN3O. The van der Waals surface area contributed by atoms with Crippen LogP contribution in [0.3, 0.4) is 0 Å². The summed E-state index contributed by atoms with van der Waals surface area (Å²) in [5.41, 5.74) is 1.25. The summed E-state index contributed by atoms with van der Waals surface area (Å²) in [7, 11) is 3.80. The lowest BCUT2D eigenvalue weighted by Gasteiger charge is -2.17. The molecule has 92 valence electrons. The first-order valence-corrected chi connectivity index (χ1v) is 5.67. The maximum absolute atomic E-state index is 9.67. The van der Waals surface area contributed by atoms with Crippen LogP contribution in [0.15, 0.2) is 18.2 Å². The van der Waals surface area contributed by atoms with Gasteiger partial charge in [-0.2, -0.15) is 5.26 Å². The van der Waals surface area contributed by atoms with Gasteiger partial charge < -0.3 is 15.3 Å². The Balaban J connectivity index is 2.55. The van der Waals surface area contributed by atoms with Gasteiger partial charge in [0.1, 0.15) is 0 Å². The molecule has 17 heavy (non-hydrogen) atoms. The zero-order chi connectivity index (χ0) is 12.8. The molecule has 0 radical (unpaired) electrons. The summed E-state index contributed by atoms with van der Waals surface area (Å²) in [4.78, 5) is 1.91. The molecule has 1 aromatic carbocycles. The van der Waals surface area contributed by atoms with Crippen LogP contribution >= 0.6 is 11.6 Å². The average molecular weight is 254 g/mol. The number of aliphatic hydroxyl groups excluding tert-OH is 1. The topological polar surface area (TPSA) is 59.3 Å². The quantitative estimate of drug-likeness (QED) is 0.836. The van der Waals surface area contributed by atoms with E-state index < -0.39 is 6.10 Å². The molecule has 1 unspecified atom stereocenters. The molecule has 1 aromatic rings. The number of aliphatic hydroxyl groups is 1. The van der Waals surface area contributed by atoms with E-state index in [2.05, 4.69) is 5.32 Å². The summed E-state index contributed by atoms with van der Waals surface area (Å²) >= 11 is 5.99. The molecule has 0 aliphatic rings. The minimum absolute atomic E-state index is 0.420. The zero-order valence-corrected chi connectivity index (χ0v) is 10.7. The van der Waals surface area contributed by atoms with E-state index in [-0.39, 0.29) is 0 Å². The molecule has 1 atom stereocenters. The summed E-state index contributed by atoms with van der Waals surface area (Å²) in [6.07, 6.45) is -0.461. The number of hydrogen-bond acceptors (Lipinski definition) is 4. The highest BCUT2D eigenvalue weighted by Gasteiger charge is 2.07. The molecule has 0 aliphatic carbocycles. The Bertz CT molecular complexity index is 415. The zero-order valence-electron chi connectivity index (χ0n) is 9.94. The van der Waals surface area contributed by atoms with Crippen molar-refractivity contribution in [1.82, 2.24) is 4.90 Å². The van der Waals surface area contributed by atoms with E-state index in [0.29, 0.717) is 23.7 Å². The minimum atomic E-state index is -0.461. The van der Waals surface area contributed by atoms with Crippen molar-refractivity contribution in [2.24, 2.45) is 0 Å². The van der Waals surface area contributed by atoms with Gasteiger partial charge in [-0.25, -0.2) is 0 Å². The molecule has 0 saturated heterocycles. The number of hydrogen-bond donors (Lipinski definition) is 2. The van der Waals surface area contributed by atoms with Crippen LogP contribution in [-0.4, -0.2) is 43.3 Å². The highest BCUT2D eigenvalue weighted by atomic mass is 35.5. The second-order valence-electron chi connectivity index (χ2n) is 4.10. The molecule has 0 spiro atoms. The Kier molecular flexibility index (Phi) is 5.23. The van der Waals surface area contributed by atoms with Crippen molar-refractivity contribution in [2.75, 3.05) is 32.5 Å². The minimum Gasteiger partial charge on any atom is -0.390 e. The summed E-state index contributed by atoms with van der Waals surface area (Å²) in [6, 6.07) is 7.04. The Morgan fingerprint density at radius 1 is 1.53 bits per heavy atom. The van der Waals surface area contributed by atoms with Crippen molar-refractivity contribution in [2.45, 2.75) is 6.10 Å². The Hall–Kier alpha value is -1.28. The first-order valence-electron chi connectivity index (χ1n) is 5.29. The van der Waals surface area contributed by atoms with Crippen molar-refractivity contribution in [3.63, 3.8) is 0 Å². The SMILES string of the molecule is CN(C)CC(O)CNc1ccc(C#N)cc1Cl. The lowest BCUT2D eigenvalue weighted by atomic mass is 10.2. The van der Waals surface area contributed by atoms with E-state index in [1.165, 1.54) is 0 Å². The van der Waals surface area contributed by atoms with E-state index in [1.54, 1.807) is 18.2 Å². The number of likely N-dealkylation sites (N-methyl/N-ethyl adjacent to an activating group) is 1. The monoisotopic (exact) mass is 253 g/mol. The Labute approximate surface area is 106 Å². The van der Waals surface area contributed by atoms with Gasteiger partial charge in [-0.3, -0.25) is 0 Å². The first-order chi connectivity index (χ1) is 8.02. The predicted octanol–water partition coefficient (Wildman–Crippen LogP) is 1.55. The van der Waals surface area contributed by atoms with E-state index in [0.717, 1.165) is 5.69 Å². The number of benzene rings is 1.